The summed E-state index contributed by atoms with van der Waals surface area (Å²) in [5.74, 6) is 0.0605. The lowest BCUT2D eigenvalue weighted by atomic mass is 9.94. The van der Waals surface area contributed by atoms with Crippen molar-refractivity contribution in [1.29, 1.82) is 0 Å². The zero-order chi connectivity index (χ0) is 13.5. The molecule has 1 aliphatic rings. The van der Waals surface area contributed by atoms with Gasteiger partial charge in [0.05, 0.1) is 11.4 Å². The van der Waals surface area contributed by atoms with E-state index in [9.17, 15) is 4.79 Å². The van der Waals surface area contributed by atoms with E-state index in [2.05, 4.69) is 23.6 Å². The first-order valence-electron chi connectivity index (χ1n) is 6.49. The average Bonchev–Trinajstić information content (AvgIpc) is 2.71. The lowest BCUT2D eigenvalue weighted by Crippen LogP contribution is -2.28. The summed E-state index contributed by atoms with van der Waals surface area (Å²) in [5.41, 5.74) is 5.46. The van der Waals surface area contributed by atoms with Crippen LogP contribution in [0.5, 0.6) is 0 Å². The Hall–Kier alpha value is -1.51. The molecule has 98 valence electrons. The highest BCUT2D eigenvalue weighted by atomic mass is 16.2. The molecule has 1 aromatic rings. The molecule has 1 aliphatic heterocycles. The Morgan fingerprint density at radius 1 is 1.28 bits per heavy atom. The summed E-state index contributed by atoms with van der Waals surface area (Å²) in [6.07, 6.45) is 1.04. The molecule has 0 radical (unpaired) electrons. The van der Waals surface area contributed by atoms with Gasteiger partial charge in [0.25, 0.3) is 0 Å². The number of hydrogen-bond acceptors (Lipinski definition) is 2. The first kappa shape index (κ1) is 12.9. The molecular formula is C15H22N2O. The molecule has 0 saturated heterocycles. The van der Waals surface area contributed by atoms with Gasteiger partial charge in [-0.3, -0.25) is 4.79 Å². The fraction of sp³-hybridized carbons (Fsp3) is 0.533. The number of hydrogen-bond donors (Lipinski definition) is 2. The normalized spacial score (nSPS) is 14.1. The van der Waals surface area contributed by atoms with E-state index < -0.39 is 0 Å². The molecule has 0 spiro atoms. The largest absolute Gasteiger partial charge is 0.383 e. The lowest BCUT2D eigenvalue weighted by Gasteiger charge is -2.21. The van der Waals surface area contributed by atoms with E-state index in [1.807, 2.05) is 27.7 Å². The van der Waals surface area contributed by atoms with Crippen LogP contribution in [0.1, 0.15) is 37.5 Å². The van der Waals surface area contributed by atoms with Gasteiger partial charge in [0.1, 0.15) is 0 Å². The van der Waals surface area contributed by atoms with Crippen molar-refractivity contribution >= 4 is 17.3 Å². The van der Waals surface area contributed by atoms with Crippen molar-refractivity contribution in [3.63, 3.8) is 0 Å². The molecular weight excluding hydrogens is 224 g/mol. The third-order valence-corrected chi connectivity index (χ3v) is 3.45. The highest BCUT2D eigenvalue weighted by Gasteiger charge is 2.25. The Morgan fingerprint density at radius 3 is 2.56 bits per heavy atom. The second-order valence-electron chi connectivity index (χ2n) is 6.12. The third kappa shape index (κ3) is 2.22. The van der Waals surface area contributed by atoms with Gasteiger partial charge in [-0.15, -0.1) is 0 Å². The summed E-state index contributed by atoms with van der Waals surface area (Å²) in [7, 11) is 0. The van der Waals surface area contributed by atoms with Gasteiger partial charge in [-0.2, -0.15) is 0 Å². The number of carbonyl (C=O) groups is 1. The minimum absolute atomic E-state index is 0.0605. The molecule has 1 aromatic carbocycles. The lowest BCUT2D eigenvalue weighted by molar-refractivity contribution is -0.123. The Morgan fingerprint density at radius 2 is 1.94 bits per heavy atom. The maximum atomic E-state index is 12.1. The first-order chi connectivity index (χ1) is 8.30. The summed E-state index contributed by atoms with van der Waals surface area (Å²) in [5, 5.41) is 6.47. The van der Waals surface area contributed by atoms with Crippen LogP contribution in [0.25, 0.3) is 0 Å². The number of fused-ring (bicyclic) bond motifs is 1. The molecule has 0 aliphatic carbocycles. The monoisotopic (exact) mass is 246 g/mol. The van der Waals surface area contributed by atoms with E-state index >= 15 is 0 Å². The van der Waals surface area contributed by atoms with Crippen molar-refractivity contribution in [2.45, 2.75) is 41.0 Å². The quantitative estimate of drug-likeness (QED) is 0.798. The van der Waals surface area contributed by atoms with Crippen LogP contribution in [-0.2, 0) is 11.2 Å². The molecule has 1 heterocycles. The fourth-order valence-electron chi connectivity index (χ4n) is 2.32. The fourth-order valence-corrected chi connectivity index (χ4v) is 2.32. The summed E-state index contributed by atoms with van der Waals surface area (Å²) in [6, 6.07) is 2.16. The number of amides is 1. The van der Waals surface area contributed by atoms with Crippen LogP contribution >= 0.6 is 0 Å². The Kier molecular flexibility index (Phi) is 3.09. The zero-order valence-corrected chi connectivity index (χ0v) is 11.9. The minimum atomic E-state index is -0.372. The summed E-state index contributed by atoms with van der Waals surface area (Å²) in [4.78, 5) is 12.1. The maximum Gasteiger partial charge on any atom is 0.229 e. The van der Waals surface area contributed by atoms with Gasteiger partial charge in [-0.05, 0) is 37.0 Å². The molecule has 0 aromatic heterocycles. The second kappa shape index (κ2) is 4.30. The van der Waals surface area contributed by atoms with Gasteiger partial charge in [0, 0.05) is 12.0 Å². The van der Waals surface area contributed by atoms with Crippen LogP contribution in [0.15, 0.2) is 6.07 Å². The number of aryl methyl sites for hydroxylation is 2. The number of benzene rings is 1. The van der Waals surface area contributed by atoms with E-state index in [0.29, 0.717) is 0 Å². The molecule has 3 nitrogen and oxygen atoms in total. The molecule has 18 heavy (non-hydrogen) atoms. The van der Waals surface area contributed by atoms with E-state index in [4.69, 9.17) is 0 Å². The van der Waals surface area contributed by atoms with Crippen LogP contribution in [0, 0.1) is 19.3 Å². The van der Waals surface area contributed by atoms with Crippen LogP contribution in [0.4, 0.5) is 11.4 Å². The Labute approximate surface area is 109 Å². The average molecular weight is 246 g/mol. The molecule has 0 saturated carbocycles. The predicted octanol–water partition coefficient (Wildman–Crippen LogP) is 3.26. The van der Waals surface area contributed by atoms with E-state index in [0.717, 1.165) is 29.9 Å². The molecule has 2 N–H and O–H groups in total. The van der Waals surface area contributed by atoms with Gasteiger partial charge in [-0.25, -0.2) is 0 Å². The summed E-state index contributed by atoms with van der Waals surface area (Å²) in [6.45, 7) is 10.9. The highest BCUT2D eigenvalue weighted by molar-refractivity contribution is 5.99. The van der Waals surface area contributed by atoms with Crippen molar-refractivity contribution < 1.29 is 4.79 Å². The number of carbonyl (C=O) groups excluding carboxylic acids is 1. The highest BCUT2D eigenvalue weighted by Crippen LogP contribution is 2.36. The molecule has 0 unspecified atom stereocenters. The molecule has 1 amide bonds. The number of anilines is 2. The number of nitrogens with one attached hydrogen (secondary N) is 2. The van der Waals surface area contributed by atoms with Crippen LogP contribution in [0.2, 0.25) is 0 Å². The zero-order valence-electron chi connectivity index (χ0n) is 11.9. The Balaban J connectivity index is 2.40. The van der Waals surface area contributed by atoms with Crippen LogP contribution in [-0.4, -0.2) is 12.5 Å². The van der Waals surface area contributed by atoms with Gasteiger partial charge >= 0.3 is 0 Å². The number of rotatable bonds is 1. The molecule has 0 bridgehead atoms. The summed E-state index contributed by atoms with van der Waals surface area (Å²) >= 11 is 0. The van der Waals surface area contributed by atoms with Crippen molar-refractivity contribution in [3.8, 4) is 0 Å². The predicted molar refractivity (Wildman–Crippen MR) is 76.2 cm³/mol. The Bertz CT molecular complexity index is 498. The van der Waals surface area contributed by atoms with Crippen molar-refractivity contribution in [3.05, 3.63) is 22.8 Å². The second-order valence-corrected chi connectivity index (χ2v) is 6.12. The van der Waals surface area contributed by atoms with Crippen molar-refractivity contribution in [2.24, 2.45) is 5.41 Å². The van der Waals surface area contributed by atoms with Crippen molar-refractivity contribution in [1.82, 2.24) is 0 Å². The molecule has 0 atom stereocenters. The summed E-state index contributed by atoms with van der Waals surface area (Å²) < 4.78 is 0. The van der Waals surface area contributed by atoms with Gasteiger partial charge in [0.15, 0.2) is 0 Å². The topological polar surface area (TPSA) is 41.1 Å². The van der Waals surface area contributed by atoms with Crippen LogP contribution in [0.3, 0.4) is 0 Å². The molecule has 0 fully saturated rings. The van der Waals surface area contributed by atoms with E-state index in [1.54, 1.807) is 0 Å². The van der Waals surface area contributed by atoms with Crippen LogP contribution < -0.4 is 10.6 Å². The van der Waals surface area contributed by atoms with E-state index in [-0.39, 0.29) is 11.3 Å². The minimum Gasteiger partial charge on any atom is -0.383 e. The standard InChI is InChI=1S/C15H22N2O/c1-9-8-10(2)12(13-11(9)6-7-16-13)17-14(18)15(3,4)5/h8,16H,6-7H2,1-5H3,(H,17,18). The third-order valence-electron chi connectivity index (χ3n) is 3.45. The maximum absolute atomic E-state index is 12.1. The SMILES string of the molecule is Cc1cc(C)c(NC(=O)C(C)(C)C)c2c1CCN2. The molecule has 2 rings (SSSR count). The molecule has 3 heteroatoms. The van der Waals surface area contributed by atoms with Gasteiger partial charge in [-0.1, -0.05) is 26.8 Å². The van der Waals surface area contributed by atoms with Crippen molar-refractivity contribution in [2.75, 3.05) is 17.2 Å². The van der Waals surface area contributed by atoms with E-state index in [1.165, 1.54) is 11.1 Å². The van der Waals surface area contributed by atoms with Gasteiger partial charge < -0.3 is 10.6 Å². The smallest absolute Gasteiger partial charge is 0.229 e. The van der Waals surface area contributed by atoms with Gasteiger partial charge in [0.2, 0.25) is 5.91 Å². The first-order valence-corrected chi connectivity index (χ1v) is 6.49.